The minimum absolute atomic E-state index is 0.0351. The summed E-state index contributed by atoms with van der Waals surface area (Å²) in [7, 11) is 0. The molecule has 1 saturated heterocycles. The molecule has 244 valence electrons. The maximum Gasteiger partial charge on any atom is 0.245 e. The summed E-state index contributed by atoms with van der Waals surface area (Å²) in [5.74, 6) is -0.451. The third-order valence-corrected chi connectivity index (χ3v) is 9.71. The van der Waals surface area contributed by atoms with Crippen molar-refractivity contribution in [2.24, 2.45) is 5.73 Å². The minimum Gasteiger partial charge on any atom is -0.343 e. The van der Waals surface area contributed by atoms with Crippen LogP contribution in [0.2, 0.25) is 5.02 Å². The van der Waals surface area contributed by atoms with E-state index in [0.717, 1.165) is 42.5 Å². The first-order valence-electron chi connectivity index (χ1n) is 16.3. The monoisotopic (exact) mass is 644 g/mol. The summed E-state index contributed by atoms with van der Waals surface area (Å²) in [6.45, 7) is 4.76. The van der Waals surface area contributed by atoms with Gasteiger partial charge in [-0.2, -0.15) is 0 Å². The molecule has 0 radical (unpaired) electrons. The van der Waals surface area contributed by atoms with E-state index in [1.165, 1.54) is 6.42 Å². The highest BCUT2D eigenvalue weighted by molar-refractivity contribution is 6.30. The zero-order valence-electron chi connectivity index (χ0n) is 26.6. The van der Waals surface area contributed by atoms with Crippen LogP contribution in [0.15, 0.2) is 79.1 Å². The number of nitrogens with zero attached hydrogens (tertiary/aromatic N) is 4. The van der Waals surface area contributed by atoms with Gasteiger partial charge in [-0.25, -0.2) is 0 Å². The Labute approximate surface area is 277 Å². The predicted octanol–water partition coefficient (Wildman–Crippen LogP) is 4.23. The zero-order valence-corrected chi connectivity index (χ0v) is 27.4. The lowest BCUT2D eigenvalue weighted by atomic mass is 9.79. The Hall–Kier alpha value is -3.79. The fraction of sp³-hybridized carbons (Fsp3) is 0.444. The van der Waals surface area contributed by atoms with Crippen LogP contribution >= 0.6 is 11.6 Å². The average molecular weight is 645 g/mol. The molecule has 1 aliphatic heterocycles. The molecular weight excluding hydrogens is 600 g/mol. The molecule has 2 unspecified atom stereocenters. The lowest BCUT2D eigenvalue weighted by Gasteiger charge is -2.51. The van der Waals surface area contributed by atoms with E-state index < -0.39 is 12.1 Å². The number of nitrogens with one attached hydrogen (secondary N) is 1. The fourth-order valence-electron chi connectivity index (χ4n) is 6.89. The van der Waals surface area contributed by atoms with Crippen molar-refractivity contribution in [1.29, 1.82) is 0 Å². The van der Waals surface area contributed by atoms with Crippen LogP contribution in [0.5, 0.6) is 0 Å². The standard InChI is InChI=1S/C36H45ClN6O3/c1-27(44)43(31-8-4-2-5-9-31)26-36(16-6-3-7-17-36)42-22-20-41(21-23-42)35(46)33(25-28-10-12-30(37)13-11-28)40-34(45)32(38)24-29-14-18-39-19-15-29/h2,4-5,8-15,18-19,32-33H,3,6-7,16-17,20-26,38H2,1H3,(H,40,45). The van der Waals surface area contributed by atoms with Gasteiger partial charge in [0.2, 0.25) is 17.7 Å². The number of aromatic nitrogens is 1. The van der Waals surface area contributed by atoms with Gasteiger partial charge in [0.1, 0.15) is 6.04 Å². The summed E-state index contributed by atoms with van der Waals surface area (Å²) in [6.07, 6.45) is 9.48. The van der Waals surface area contributed by atoms with Gasteiger partial charge in [0, 0.05) is 74.7 Å². The van der Waals surface area contributed by atoms with Crippen molar-refractivity contribution in [2.75, 3.05) is 37.6 Å². The van der Waals surface area contributed by atoms with E-state index in [0.29, 0.717) is 50.6 Å². The Morgan fingerprint density at radius 1 is 0.891 bits per heavy atom. The third-order valence-electron chi connectivity index (χ3n) is 9.46. The van der Waals surface area contributed by atoms with Crippen LogP contribution in [0.4, 0.5) is 5.69 Å². The van der Waals surface area contributed by atoms with Gasteiger partial charge >= 0.3 is 0 Å². The summed E-state index contributed by atoms with van der Waals surface area (Å²) in [5.41, 5.74) is 8.87. The molecule has 3 aromatic rings. The topological polar surface area (TPSA) is 112 Å². The Morgan fingerprint density at radius 3 is 2.15 bits per heavy atom. The first-order valence-corrected chi connectivity index (χ1v) is 16.7. The lowest BCUT2D eigenvalue weighted by molar-refractivity contribution is -0.139. The molecule has 1 aliphatic carbocycles. The molecule has 9 nitrogen and oxygen atoms in total. The Bertz CT molecular complexity index is 1440. The number of anilines is 1. The largest absolute Gasteiger partial charge is 0.343 e. The number of hydrogen-bond donors (Lipinski definition) is 2. The molecule has 10 heteroatoms. The highest BCUT2D eigenvalue weighted by Gasteiger charge is 2.42. The van der Waals surface area contributed by atoms with Crippen LogP contribution in [0.3, 0.4) is 0 Å². The molecule has 2 aliphatic rings. The SMILES string of the molecule is CC(=O)N(CC1(N2CCN(C(=O)C(Cc3ccc(Cl)cc3)NC(=O)C(N)Cc3ccncc3)CC2)CCCCC1)c1ccccc1. The highest BCUT2D eigenvalue weighted by atomic mass is 35.5. The molecular formula is C36H45ClN6O3. The first-order chi connectivity index (χ1) is 22.2. The molecule has 46 heavy (non-hydrogen) atoms. The van der Waals surface area contributed by atoms with E-state index in [1.807, 2.05) is 64.4 Å². The van der Waals surface area contributed by atoms with Crippen molar-refractivity contribution < 1.29 is 14.4 Å². The minimum atomic E-state index is -0.806. The van der Waals surface area contributed by atoms with E-state index >= 15 is 0 Å². The van der Waals surface area contributed by atoms with E-state index in [4.69, 9.17) is 17.3 Å². The number of carbonyl (C=O) groups excluding carboxylic acids is 3. The zero-order chi connectivity index (χ0) is 32.5. The summed E-state index contributed by atoms with van der Waals surface area (Å²) in [4.78, 5) is 50.5. The number of hydrogen-bond acceptors (Lipinski definition) is 6. The molecule has 2 fully saturated rings. The number of rotatable bonds is 11. The van der Waals surface area contributed by atoms with Gasteiger partial charge < -0.3 is 20.9 Å². The normalized spacial score (nSPS) is 17.9. The second kappa shape index (κ2) is 15.7. The predicted molar refractivity (Wildman–Crippen MR) is 181 cm³/mol. The maximum absolute atomic E-state index is 14.1. The van der Waals surface area contributed by atoms with Gasteiger partial charge in [0.25, 0.3) is 0 Å². The molecule has 5 rings (SSSR count). The lowest BCUT2D eigenvalue weighted by Crippen LogP contribution is -2.64. The van der Waals surface area contributed by atoms with Gasteiger partial charge in [-0.3, -0.25) is 24.3 Å². The smallest absolute Gasteiger partial charge is 0.245 e. The van der Waals surface area contributed by atoms with Crippen molar-refractivity contribution in [3.8, 4) is 0 Å². The molecule has 2 aromatic carbocycles. The molecule has 3 amide bonds. The van der Waals surface area contributed by atoms with Gasteiger partial charge in [-0.15, -0.1) is 0 Å². The van der Waals surface area contributed by atoms with Crippen molar-refractivity contribution in [2.45, 2.75) is 69.5 Å². The first kappa shape index (κ1) is 33.6. The number of pyridine rings is 1. The van der Waals surface area contributed by atoms with E-state index in [-0.39, 0.29) is 23.3 Å². The van der Waals surface area contributed by atoms with Gasteiger partial charge in [0.05, 0.1) is 6.04 Å². The quantitative estimate of drug-likeness (QED) is 0.323. The van der Waals surface area contributed by atoms with Crippen molar-refractivity contribution in [3.63, 3.8) is 0 Å². The fourth-order valence-corrected chi connectivity index (χ4v) is 7.02. The Morgan fingerprint density at radius 2 is 1.52 bits per heavy atom. The molecule has 0 spiro atoms. The molecule has 2 heterocycles. The second-order valence-corrected chi connectivity index (χ2v) is 13.0. The number of carbonyl (C=O) groups is 3. The highest BCUT2D eigenvalue weighted by Crippen LogP contribution is 2.36. The van der Waals surface area contributed by atoms with Crippen molar-refractivity contribution in [3.05, 3.63) is 95.3 Å². The van der Waals surface area contributed by atoms with Crippen LogP contribution < -0.4 is 16.0 Å². The van der Waals surface area contributed by atoms with Crippen LogP contribution in [-0.4, -0.2) is 82.9 Å². The number of halogens is 1. The average Bonchev–Trinajstić information content (AvgIpc) is 3.08. The molecule has 3 N–H and O–H groups in total. The maximum atomic E-state index is 14.1. The van der Waals surface area contributed by atoms with Crippen LogP contribution in [0.25, 0.3) is 0 Å². The van der Waals surface area contributed by atoms with Crippen molar-refractivity contribution >= 4 is 35.0 Å². The number of amides is 3. The third kappa shape index (κ3) is 8.51. The number of para-hydroxylation sites is 1. The Kier molecular flexibility index (Phi) is 11.4. The number of nitrogens with two attached hydrogens (primary N) is 1. The summed E-state index contributed by atoms with van der Waals surface area (Å²) >= 11 is 6.12. The summed E-state index contributed by atoms with van der Waals surface area (Å²) in [5, 5.41) is 3.58. The number of piperazine rings is 1. The molecule has 1 aromatic heterocycles. The van der Waals surface area contributed by atoms with Gasteiger partial charge in [0.15, 0.2) is 0 Å². The van der Waals surface area contributed by atoms with Crippen LogP contribution in [0, 0.1) is 0 Å². The van der Waals surface area contributed by atoms with E-state index in [2.05, 4.69) is 15.2 Å². The summed E-state index contributed by atoms with van der Waals surface area (Å²) in [6, 6.07) is 19.3. The van der Waals surface area contributed by atoms with Crippen LogP contribution in [-0.2, 0) is 27.2 Å². The Balaban J connectivity index is 1.28. The molecule has 0 bridgehead atoms. The molecule has 1 saturated carbocycles. The van der Waals surface area contributed by atoms with E-state index in [1.54, 1.807) is 31.5 Å². The van der Waals surface area contributed by atoms with Gasteiger partial charge in [-0.1, -0.05) is 61.2 Å². The van der Waals surface area contributed by atoms with Crippen molar-refractivity contribution in [1.82, 2.24) is 20.1 Å². The summed E-state index contributed by atoms with van der Waals surface area (Å²) < 4.78 is 0. The van der Waals surface area contributed by atoms with Gasteiger partial charge in [-0.05, 0) is 66.8 Å². The molecule has 2 atom stereocenters. The van der Waals surface area contributed by atoms with Crippen LogP contribution in [0.1, 0.15) is 50.2 Å². The van der Waals surface area contributed by atoms with E-state index in [9.17, 15) is 14.4 Å². The second-order valence-electron chi connectivity index (χ2n) is 12.6. The number of benzene rings is 2.